The van der Waals surface area contributed by atoms with Crippen molar-refractivity contribution in [1.29, 1.82) is 0 Å². The molecule has 0 aromatic heterocycles. The first-order chi connectivity index (χ1) is 9.06. The Bertz CT molecular complexity index is 309. The molecule has 1 saturated heterocycles. The fourth-order valence-corrected chi connectivity index (χ4v) is 2.49. The molecule has 110 valence electrons. The zero-order valence-electron chi connectivity index (χ0n) is 11.5. The van der Waals surface area contributed by atoms with Gasteiger partial charge < -0.3 is 20.4 Å². The number of rotatable bonds is 7. The van der Waals surface area contributed by atoms with E-state index >= 15 is 0 Å². The Morgan fingerprint density at radius 3 is 2.79 bits per heavy atom. The molecule has 1 aliphatic rings. The molecule has 0 aromatic rings. The molecule has 6 nitrogen and oxygen atoms in total. The molecule has 0 bridgehead atoms. The van der Waals surface area contributed by atoms with E-state index in [-0.39, 0.29) is 25.1 Å². The summed E-state index contributed by atoms with van der Waals surface area (Å²) in [6.45, 7) is 3.45. The third-order valence-electron chi connectivity index (χ3n) is 3.50. The molecular formula is C13H24N2O4. The summed E-state index contributed by atoms with van der Waals surface area (Å²) < 4.78 is 0. The van der Waals surface area contributed by atoms with Gasteiger partial charge >= 0.3 is 12.0 Å². The smallest absolute Gasteiger partial charge is 0.317 e. The fourth-order valence-electron chi connectivity index (χ4n) is 2.49. The highest BCUT2D eigenvalue weighted by Crippen LogP contribution is 2.19. The monoisotopic (exact) mass is 272 g/mol. The van der Waals surface area contributed by atoms with Crippen LogP contribution in [0.1, 0.15) is 39.0 Å². The van der Waals surface area contributed by atoms with Gasteiger partial charge in [0.2, 0.25) is 0 Å². The van der Waals surface area contributed by atoms with Gasteiger partial charge in [-0.2, -0.15) is 0 Å². The largest absolute Gasteiger partial charge is 0.481 e. The van der Waals surface area contributed by atoms with Crippen LogP contribution in [0.2, 0.25) is 0 Å². The Kier molecular flexibility index (Phi) is 6.62. The van der Waals surface area contributed by atoms with Crippen molar-refractivity contribution < 1.29 is 19.8 Å². The number of aliphatic carboxylic acids is 1. The lowest BCUT2D eigenvalue weighted by Gasteiger charge is -2.22. The van der Waals surface area contributed by atoms with Crippen LogP contribution in [0.4, 0.5) is 4.79 Å². The quantitative estimate of drug-likeness (QED) is 0.646. The van der Waals surface area contributed by atoms with Crippen LogP contribution in [0.3, 0.4) is 0 Å². The molecule has 19 heavy (non-hydrogen) atoms. The summed E-state index contributed by atoms with van der Waals surface area (Å²) in [6, 6.07) is -0.480. The normalized spacial score (nSPS) is 20.3. The predicted octanol–water partition coefficient (Wildman–Crippen LogP) is 1.04. The van der Waals surface area contributed by atoms with Gasteiger partial charge in [0.1, 0.15) is 0 Å². The molecule has 0 saturated carbocycles. The zero-order chi connectivity index (χ0) is 14.3. The minimum atomic E-state index is -0.890. The van der Waals surface area contributed by atoms with E-state index in [0.717, 1.165) is 19.3 Å². The number of nitrogens with one attached hydrogen (secondary N) is 1. The van der Waals surface area contributed by atoms with E-state index in [1.807, 2.05) is 6.92 Å². The van der Waals surface area contributed by atoms with Crippen LogP contribution in [0.5, 0.6) is 0 Å². The number of likely N-dealkylation sites (tertiary alicyclic amines) is 1. The summed E-state index contributed by atoms with van der Waals surface area (Å²) in [6.07, 6.45) is 3.10. The number of aliphatic hydroxyl groups excluding tert-OH is 1. The van der Waals surface area contributed by atoms with E-state index in [2.05, 4.69) is 5.32 Å². The maximum atomic E-state index is 12.0. The van der Waals surface area contributed by atoms with E-state index in [9.17, 15) is 9.59 Å². The van der Waals surface area contributed by atoms with Crippen LogP contribution < -0.4 is 5.32 Å². The molecular weight excluding hydrogens is 248 g/mol. The number of nitrogens with zero attached hydrogens (tertiary/aromatic N) is 1. The summed E-state index contributed by atoms with van der Waals surface area (Å²) in [7, 11) is 0. The maximum absolute atomic E-state index is 12.0. The second-order valence-corrected chi connectivity index (χ2v) is 5.15. The van der Waals surface area contributed by atoms with Gasteiger partial charge in [-0.05, 0) is 25.2 Å². The minimum Gasteiger partial charge on any atom is -0.481 e. The summed E-state index contributed by atoms with van der Waals surface area (Å²) in [5.41, 5.74) is 0. The van der Waals surface area contributed by atoms with Crippen molar-refractivity contribution in [3.63, 3.8) is 0 Å². The Balaban J connectivity index is 2.41. The molecule has 1 rings (SSSR count). The van der Waals surface area contributed by atoms with Crippen LogP contribution in [0.25, 0.3) is 0 Å². The number of carbonyl (C=O) groups is 2. The topological polar surface area (TPSA) is 89.9 Å². The minimum absolute atomic E-state index is 0.0342. The predicted molar refractivity (Wildman–Crippen MR) is 70.9 cm³/mol. The molecule has 0 aromatic carbocycles. The van der Waals surface area contributed by atoms with Gasteiger partial charge in [-0.1, -0.05) is 13.3 Å². The van der Waals surface area contributed by atoms with Crippen molar-refractivity contribution in [1.82, 2.24) is 10.2 Å². The summed E-state index contributed by atoms with van der Waals surface area (Å²) in [4.78, 5) is 24.5. The number of amides is 2. The number of carboxylic acids is 1. The highest BCUT2D eigenvalue weighted by atomic mass is 16.4. The number of carbonyl (C=O) groups excluding carboxylic acids is 1. The lowest BCUT2D eigenvalue weighted by molar-refractivity contribution is -0.137. The average molecular weight is 272 g/mol. The van der Waals surface area contributed by atoms with Crippen LogP contribution in [0, 0.1) is 5.92 Å². The number of carboxylic acid groups (broad SMARTS) is 1. The highest BCUT2D eigenvalue weighted by Gasteiger charge is 2.27. The van der Waals surface area contributed by atoms with Gasteiger partial charge in [0.15, 0.2) is 0 Å². The number of hydrogen-bond donors (Lipinski definition) is 3. The van der Waals surface area contributed by atoms with E-state index in [1.54, 1.807) is 4.90 Å². The van der Waals surface area contributed by atoms with Crippen LogP contribution in [0.15, 0.2) is 0 Å². The van der Waals surface area contributed by atoms with Gasteiger partial charge in [-0.25, -0.2) is 4.79 Å². The molecule has 0 radical (unpaired) electrons. The molecule has 1 fully saturated rings. The fraction of sp³-hybridized carbons (Fsp3) is 0.846. The SMILES string of the molecule is CCCC(CC(=O)O)NC(=O)N1CCC(CCO)C1. The number of aliphatic hydroxyl groups is 1. The Morgan fingerprint density at radius 2 is 2.21 bits per heavy atom. The van der Waals surface area contributed by atoms with Crippen LogP contribution in [-0.4, -0.2) is 52.9 Å². The molecule has 2 amide bonds. The maximum Gasteiger partial charge on any atom is 0.317 e. The molecule has 3 N–H and O–H groups in total. The van der Waals surface area contributed by atoms with Gasteiger partial charge in [0.25, 0.3) is 0 Å². The molecule has 2 unspecified atom stereocenters. The van der Waals surface area contributed by atoms with Crippen LogP contribution >= 0.6 is 0 Å². The summed E-state index contributed by atoms with van der Waals surface area (Å²) in [5, 5.41) is 20.5. The first kappa shape index (κ1) is 15.8. The first-order valence-corrected chi connectivity index (χ1v) is 6.94. The van der Waals surface area contributed by atoms with E-state index in [0.29, 0.717) is 25.4 Å². The van der Waals surface area contributed by atoms with Gasteiger partial charge in [0, 0.05) is 25.7 Å². The van der Waals surface area contributed by atoms with Gasteiger partial charge in [-0.3, -0.25) is 4.79 Å². The second kappa shape index (κ2) is 7.99. The van der Waals surface area contributed by atoms with Crippen molar-refractivity contribution in [3.05, 3.63) is 0 Å². The standard InChI is InChI=1S/C13H24N2O4/c1-2-3-11(8-12(17)18)14-13(19)15-6-4-10(9-15)5-7-16/h10-11,16H,2-9H2,1H3,(H,14,19)(H,17,18). The van der Waals surface area contributed by atoms with Gasteiger partial charge in [0.05, 0.1) is 6.42 Å². The average Bonchev–Trinajstić information content (AvgIpc) is 2.77. The number of hydrogen-bond acceptors (Lipinski definition) is 3. The lowest BCUT2D eigenvalue weighted by atomic mass is 10.1. The van der Waals surface area contributed by atoms with Crippen molar-refractivity contribution >= 4 is 12.0 Å². The van der Waals surface area contributed by atoms with Crippen molar-refractivity contribution in [2.24, 2.45) is 5.92 Å². The lowest BCUT2D eigenvalue weighted by Crippen LogP contribution is -2.44. The zero-order valence-corrected chi connectivity index (χ0v) is 11.5. The third-order valence-corrected chi connectivity index (χ3v) is 3.50. The Morgan fingerprint density at radius 1 is 1.47 bits per heavy atom. The van der Waals surface area contributed by atoms with Gasteiger partial charge in [-0.15, -0.1) is 0 Å². The second-order valence-electron chi connectivity index (χ2n) is 5.15. The third kappa shape index (κ3) is 5.46. The molecule has 2 atom stereocenters. The molecule has 0 spiro atoms. The first-order valence-electron chi connectivity index (χ1n) is 6.94. The van der Waals surface area contributed by atoms with E-state index in [1.165, 1.54) is 0 Å². The van der Waals surface area contributed by atoms with Crippen LogP contribution in [-0.2, 0) is 4.79 Å². The van der Waals surface area contributed by atoms with Crippen molar-refractivity contribution in [2.45, 2.75) is 45.1 Å². The van der Waals surface area contributed by atoms with E-state index < -0.39 is 5.97 Å². The summed E-state index contributed by atoms with van der Waals surface area (Å²) in [5.74, 6) is -0.529. The molecule has 1 aliphatic heterocycles. The Hall–Kier alpha value is -1.30. The van der Waals surface area contributed by atoms with Crippen molar-refractivity contribution in [2.75, 3.05) is 19.7 Å². The summed E-state index contributed by atoms with van der Waals surface area (Å²) >= 11 is 0. The molecule has 1 heterocycles. The molecule has 6 heteroatoms. The van der Waals surface area contributed by atoms with Crippen molar-refractivity contribution in [3.8, 4) is 0 Å². The van der Waals surface area contributed by atoms with E-state index in [4.69, 9.17) is 10.2 Å². The molecule has 0 aliphatic carbocycles. The number of urea groups is 1. The highest BCUT2D eigenvalue weighted by molar-refractivity contribution is 5.76. The Labute approximate surface area is 113 Å².